The summed E-state index contributed by atoms with van der Waals surface area (Å²) in [7, 11) is 0. The summed E-state index contributed by atoms with van der Waals surface area (Å²) in [6.45, 7) is 3.90. The third-order valence-electron chi connectivity index (χ3n) is 2.75. The lowest BCUT2D eigenvalue weighted by Gasteiger charge is -2.17. The molecule has 0 saturated carbocycles. The van der Waals surface area contributed by atoms with Gasteiger partial charge in [0, 0.05) is 5.69 Å². The van der Waals surface area contributed by atoms with E-state index in [1.54, 1.807) is 0 Å². The van der Waals surface area contributed by atoms with E-state index in [4.69, 9.17) is 5.73 Å². The minimum atomic E-state index is -0.552. The van der Waals surface area contributed by atoms with Crippen molar-refractivity contribution in [1.29, 1.82) is 0 Å². The van der Waals surface area contributed by atoms with Crippen LogP contribution in [0.3, 0.4) is 0 Å². The molecule has 0 heterocycles. The van der Waals surface area contributed by atoms with Gasteiger partial charge in [0.05, 0.1) is 10.5 Å². The summed E-state index contributed by atoms with van der Waals surface area (Å²) in [5.41, 5.74) is 6.32. The fourth-order valence-corrected chi connectivity index (χ4v) is 1.69. The molecule has 1 rings (SSSR count). The number of carbonyl (C=O) groups excluding carboxylic acids is 1. The highest BCUT2D eigenvalue weighted by molar-refractivity contribution is 9.10. The topological polar surface area (TPSA) is 55.1 Å². The Labute approximate surface area is 109 Å². The van der Waals surface area contributed by atoms with Crippen LogP contribution in [0.25, 0.3) is 0 Å². The molecule has 0 radical (unpaired) electrons. The molecule has 0 aliphatic rings. The van der Waals surface area contributed by atoms with Gasteiger partial charge in [0.25, 0.3) is 0 Å². The Hall–Kier alpha value is -0.940. The molecule has 1 aromatic rings. The molecule has 0 aliphatic carbocycles. The molecule has 1 amide bonds. The summed E-state index contributed by atoms with van der Waals surface area (Å²) in [5.74, 6) is -0.508. The summed E-state index contributed by atoms with van der Waals surface area (Å²) in [5, 5.41) is 2.66. The molecule has 2 atom stereocenters. The van der Waals surface area contributed by atoms with Crippen LogP contribution in [-0.4, -0.2) is 11.9 Å². The maximum atomic E-state index is 13.0. The van der Waals surface area contributed by atoms with Crippen LogP contribution in [0.15, 0.2) is 22.7 Å². The van der Waals surface area contributed by atoms with Crippen LogP contribution in [-0.2, 0) is 4.79 Å². The van der Waals surface area contributed by atoms with Crippen molar-refractivity contribution < 1.29 is 9.18 Å². The molecule has 0 saturated heterocycles. The average Bonchev–Trinajstić information content (AvgIpc) is 2.31. The van der Waals surface area contributed by atoms with E-state index in [-0.39, 0.29) is 17.6 Å². The number of carbonyl (C=O) groups is 1. The predicted molar refractivity (Wildman–Crippen MR) is 70.2 cm³/mol. The molecule has 3 nitrogen and oxygen atoms in total. The number of hydrogen-bond donors (Lipinski definition) is 2. The Balaban J connectivity index is 2.71. The maximum absolute atomic E-state index is 13.0. The van der Waals surface area contributed by atoms with Crippen LogP contribution >= 0.6 is 15.9 Å². The van der Waals surface area contributed by atoms with Crippen molar-refractivity contribution in [2.75, 3.05) is 5.32 Å². The second kappa shape index (κ2) is 6.12. The smallest absolute Gasteiger partial charge is 0.241 e. The van der Waals surface area contributed by atoms with Gasteiger partial charge in [-0.3, -0.25) is 4.79 Å². The molecule has 94 valence electrons. The lowest BCUT2D eigenvalue weighted by molar-refractivity contribution is -0.118. The van der Waals surface area contributed by atoms with Gasteiger partial charge in [-0.25, -0.2) is 4.39 Å². The van der Waals surface area contributed by atoms with Crippen molar-refractivity contribution in [3.8, 4) is 0 Å². The first kappa shape index (κ1) is 14.1. The van der Waals surface area contributed by atoms with Crippen LogP contribution in [0.1, 0.15) is 20.3 Å². The van der Waals surface area contributed by atoms with Gasteiger partial charge in [0.2, 0.25) is 5.91 Å². The van der Waals surface area contributed by atoms with Crippen LogP contribution in [0.2, 0.25) is 0 Å². The number of nitrogens with two attached hydrogens (primary N) is 1. The highest BCUT2D eigenvalue weighted by Crippen LogP contribution is 2.20. The van der Waals surface area contributed by atoms with Gasteiger partial charge in [-0.15, -0.1) is 0 Å². The summed E-state index contributed by atoms with van der Waals surface area (Å²) in [6, 6.07) is 3.75. The monoisotopic (exact) mass is 302 g/mol. The van der Waals surface area contributed by atoms with Crippen molar-refractivity contribution in [3.63, 3.8) is 0 Å². The summed E-state index contributed by atoms with van der Waals surface area (Å²) >= 11 is 3.06. The third-order valence-corrected chi connectivity index (χ3v) is 3.35. The molecular weight excluding hydrogens is 287 g/mol. The van der Waals surface area contributed by atoms with Crippen molar-refractivity contribution in [2.45, 2.75) is 26.3 Å². The van der Waals surface area contributed by atoms with Crippen molar-refractivity contribution in [3.05, 3.63) is 28.5 Å². The van der Waals surface area contributed by atoms with Gasteiger partial charge in [-0.1, -0.05) is 20.3 Å². The zero-order valence-corrected chi connectivity index (χ0v) is 11.4. The summed E-state index contributed by atoms with van der Waals surface area (Å²) in [4.78, 5) is 11.8. The van der Waals surface area contributed by atoms with E-state index >= 15 is 0 Å². The zero-order chi connectivity index (χ0) is 13.0. The number of halogens is 2. The number of rotatable bonds is 4. The quantitative estimate of drug-likeness (QED) is 0.898. The van der Waals surface area contributed by atoms with Gasteiger partial charge in [-0.05, 0) is 40.0 Å². The first-order valence-corrected chi connectivity index (χ1v) is 6.26. The van der Waals surface area contributed by atoms with E-state index in [1.165, 1.54) is 18.2 Å². The van der Waals surface area contributed by atoms with Crippen molar-refractivity contribution in [1.82, 2.24) is 0 Å². The van der Waals surface area contributed by atoms with Gasteiger partial charge in [0.1, 0.15) is 5.82 Å². The van der Waals surface area contributed by atoms with Crippen LogP contribution in [0, 0.1) is 11.7 Å². The Morgan fingerprint density at radius 3 is 2.76 bits per heavy atom. The minimum Gasteiger partial charge on any atom is -0.325 e. The molecule has 1 unspecified atom stereocenters. The lowest BCUT2D eigenvalue weighted by Crippen LogP contribution is -2.40. The first-order chi connectivity index (χ1) is 7.95. The second-order valence-electron chi connectivity index (χ2n) is 4.03. The Kier molecular flexibility index (Phi) is 5.08. The predicted octanol–water partition coefficient (Wildman–Crippen LogP) is 2.90. The van der Waals surface area contributed by atoms with Gasteiger partial charge >= 0.3 is 0 Å². The van der Waals surface area contributed by atoms with E-state index in [2.05, 4.69) is 21.2 Å². The maximum Gasteiger partial charge on any atom is 0.241 e. The first-order valence-electron chi connectivity index (χ1n) is 5.47. The number of benzene rings is 1. The van der Waals surface area contributed by atoms with E-state index < -0.39 is 6.04 Å². The minimum absolute atomic E-state index is 0.110. The Bertz CT molecular complexity index is 411. The molecule has 0 fully saturated rings. The summed E-state index contributed by atoms with van der Waals surface area (Å²) in [6.07, 6.45) is 0.835. The van der Waals surface area contributed by atoms with Gasteiger partial charge in [0.15, 0.2) is 0 Å². The largest absolute Gasteiger partial charge is 0.325 e. The van der Waals surface area contributed by atoms with Crippen LogP contribution in [0.5, 0.6) is 0 Å². The number of anilines is 1. The van der Waals surface area contributed by atoms with Gasteiger partial charge in [-0.2, -0.15) is 0 Å². The molecular formula is C12H16BrFN2O. The zero-order valence-electron chi connectivity index (χ0n) is 9.84. The van der Waals surface area contributed by atoms with Crippen LogP contribution < -0.4 is 11.1 Å². The number of nitrogens with one attached hydrogen (secondary N) is 1. The standard InChI is InChI=1S/C12H16BrFN2O/c1-3-7(2)11(15)12(17)16-8-4-5-10(14)9(13)6-8/h4-7,11H,3,15H2,1-2H3,(H,16,17)/t7?,11-/m0/s1. The molecule has 0 aliphatic heterocycles. The molecule has 0 bridgehead atoms. The second-order valence-corrected chi connectivity index (χ2v) is 4.88. The molecule has 5 heteroatoms. The van der Waals surface area contributed by atoms with E-state index in [0.29, 0.717) is 10.2 Å². The fraction of sp³-hybridized carbons (Fsp3) is 0.417. The molecule has 0 spiro atoms. The molecule has 17 heavy (non-hydrogen) atoms. The van der Waals surface area contributed by atoms with Crippen LogP contribution in [0.4, 0.5) is 10.1 Å². The fourth-order valence-electron chi connectivity index (χ4n) is 1.31. The van der Waals surface area contributed by atoms with Crippen molar-refractivity contribution in [2.24, 2.45) is 11.7 Å². The average molecular weight is 303 g/mol. The van der Waals surface area contributed by atoms with E-state index in [0.717, 1.165) is 6.42 Å². The van der Waals surface area contributed by atoms with E-state index in [9.17, 15) is 9.18 Å². The van der Waals surface area contributed by atoms with Crippen molar-refractivity contribution >= 4 is 27.5 Å². The lowest BCUT2D eigenvalue weighted by atomic mass is 9.99. The Morgan fingerprint density at radius 1 is 1.59 bits per heavy atom. The Morgan fingerprint density at radius 2 is 2.24 bits per heavy atom. The number of amides is 1. The third kappa shape index (κ3) is 3.78. The normalized spacial score (nSPS) is 14.2. The summed E-state index contributed by atoms with van der Waals surface area (Å²) < 4.78 is 13.3. The molecule has 3 N–H and O–H groups in total. The molecule has 1 aromatic carbocycles. The highest BCUT2D eigenvalue weighted by Gasteiger charge is 2.19. The SMILES string of the molecule is CCC(C)[C@H](N)C(=O)Nc1ccc(F)c(Br)c1. The highest BCUT2D eigenvalue weighted by atomic mass is 79.9. The number of hydrogen-bond acceptors (Lipinski definition) is 2. The molecule has 0 aromatic heterocycles. The van der Waals surface area contributed by atoms with Gasteiger partial charge < -0.3 is 11.1 Å². The van der Waals surface area contributed by atoms with E-state index in [1.807, 2.05) is 13.8 Å².